The topological polar surface area (TPSA) is 26.0 Å². The van der Waals surface area contributed by atoms with Gasteiger partial charge in [0.1, 0.15) is 0 Å². The largest absolute Gasteiger partial charge is 0.416 e. The minimum Gasteiger partial charge on any atom is -0.324 e. The Balaban J connectivity index is 3.32. The summed E-state index contributed by atoms with van der Waals surface area (Å²) in [6.07, 6.45) is -16.8. The summed E-state index contributed by atoms with van der Waals surface area (Å²) in [5.74, 6) is 0. The molecule has 10 heteroatoms. The Bertz CT molecular complexity index is 466. The van der Waals surface area contributed by atoms with Crippen molar-refractivity contribution in [2.24, 2.45) is 5.73 Å². The minimum atomic E-state index is -5.13. The maximum atomic E-state index is 12.5. The van der Waals surface area contributed by atoms with E-state index in [2.05, 4.69) is 0 Å². The number of hydrogen-bond acceptors (Lipinski definition) is 1. The van der Waals surface area contributed by atoms with Gasteiger partial charge in [0.25, 0.3) is 0 Å². The van der Waals surface area contributed by atoms with Gasteiger partial charge in [-0.3, -0.25) is 0 Å². The number of halogens is 9. The van der Waals surface area contributed by atoms with Gasteiger partial charge >= 0.3 is 18.5 Å². The molecule has 120 valence electrons. The van der Waals surface area contributed by atoms with E-state index in [9.17, 15) is 39.5 Å². The maximum Gasteiger partial charge on any atom is 0.416 e. The van der Waals surface area contributed by atoms with Gasteiger partial charge in [0, 0.05) is 6.04 Å². The van der Waals surface area contributed by atoms with Gasteiger partial charge in [-0.15, -0.1) is 0 Å². The van der Waals surface area contributed by atoms with Crippen LogP contribution in [0.3, 0.4) is 0 Å². The van der Waals surface area contributed by atoms with Crippen molar-refractivity contribution in [3.8, 4) is 0 Å². The Morgan fingerprint density at radius 1 is 0.762 bits per heavy atom. The van der Waals surface area contributed by atoms with Crippen molar-refractivity contribution in [3.63, 3.8) is 0 Å². The maximum absolute atomic E-state index is 12.5. The molecule has 0 spiro atoms. The first-order chi connectivity index (χ1) is 9.20. The summed E-state index contributed by atoms with van der Waals surface area (Å²) < 4.78 is 111. The highest BCUT2D eigenvalue weighted by molar-refractivity contribution is 5.35. The second kappa shape index (κ2) is 5.39. The number of hydrogen-bond donors (Lipinski definition) is 1. The first kappa shape index (κ1) is 17.6. The van der Waals surface area contributed by atoms with E-state index >= 15 is 0 Å². The summed E-state index contributed by atoms with van der Waals surface area (Å²) >= 11 is 0. The van der Waals surface area contributed by atoms with Gasteiger partial charge < -0.3 is 5.73 Å². The second-order valence-electron chi connectivity index (χ2n) is 4.27. The number of nitrogens with two attached hydrogens (primary N) is 1. The second-order valence-corrected chi connectivity index (χ2v) is 4.27. The molecule has 0 fully saturated rings. The van der Waals surface area contributed by atoms with E-state index in [-0.39, 0.29) is 18.2 Å². The molecule has 0 bridgehead atoms. The highest BCUT2D eigenvalue weighted by atomic mass is 19.4. The van der Waals surface area contributed by atoms with Crippen LogP contribution in [0.25, 0.3) is 0 Å². The molecule has 1 aromatic carbocycles. The SMILES string of the molecule is N[C@H](CC(F)(F)F)c1cc(C(F)(F)F)cc(C(F)(F)F)c1. The number of benzene rings is 1. The molecular formula is C11H8F9N. The lowest BCUT2D eigenvalue weighted by molar-refractivity contribution is -0.143. The molecule has 0 saturated heterocycles. The fourth-order valence-electron chi connectivity index (χ4n) is 1.56. The van der Waals surface area contributed by atoms with Gasteiger partial charge in [-0.05, 0) is 23.8 Å². The fraction of sp³-hybridized carbons (Fsp3) is 0.455. The molecule has 1 nitrogen and oxygen atoms in total. The van der Waals surface area contributed by atoms with Crippen LogP contribution in [0.4, 0.5) is 39.5 Å². The summed E-state index contributed by atoms with van der Waals surface area (Å²) in [6.45, 7) is 0. The van der Waals surface area contributed by atoms with Gasteiger partial charge in [-0.1, -0.05) is 0 Å². The van der Waals surface area contributed by atoms with Crippen molar-refractivity contribution in [2.75, 3.05) is 0 Å². The number of rotatable bonds is 2. The first-order valence-electron chi connectivity index (χ1n) is 5.32. The van der Waals surface area contributed by atoms with E-state index in [0.29, 0.717) is 0 Å². The molecule has 0 aliphatic carbocycles. The zero-order chi connectivity index (χ0) is 16.6. The minimum absolute atomic E-state index is 0.177. The Morgan fingerprint density at radius 3 is 1.43 bits per heavy atom. The Hall–Kier alpha value is -1.45. The molecule has 1 atom stereocenters. The van der Waals surface area contributed by atoms with Gasteiger partial charge in [-0.25, -0.2) is 0 Å². The highest BCUT2D eigenvalue weighted by Crippen LogP contribution is 2.38. The van der Waals surface area contributed by atoms with E-state index < -0.39 is 47.7 Å². The Morgan fingerprint density at radius 2 is 1.14 bits per heavy atom. The molecule has 0 amide bonds. The standard InChI is InChI=1S/C11H8F9N/c12-9(13,14)4-8(21)5-1-6(10(15,16)17)3-7(2-5)11(18,19)20/h1-3,8H,4,21H2/t8-/m1/s1. The van der Waals surface area contributed by atoms with E-state index in [4.69, 9.17) is 5.73 Å². The quantitative estimate of drug-likeness (QED) is 0.785. The lowest BCUT2D eigenvalue weighted by Gasteiger charge is -2.18. The third kappa shape index (κ3) is 5.10. The average Bonchev–Trinajstić information content (AvgIpc) is 2.23. The molecule has 2 N–H and O–H groups in total. The lowest BCUT2D eigenvalue weighted by atomic mass is 9.98. The van der Waals surface area contributed by atoms with Crippen LogP contribution in [0.15, 0.2) is 18.2 Å². The van der Waals surface area contributed by atoms with Crippen LogP contribution in [0, 0.1) is 0 Å². The Kier molecular flexibility index (Phi) is 4.52. The van der Waals surface area contributed by atoms with Crippen molar-refractivity contribution in [1.82, 2.24) is 0 Å². The van der Waals surface area contributed by atoms with E-state index in [1.165, 1.54) is 0 Å². The average molecular weight is 325 g/mol. The van der Waals surface area contributed by atoms with Crippen LogP contribution in [-0.2, 0) is 12.4 Å². The monoisotopic (exact) mass is 325 g/mol. The third-order valence-corrected chi connectivity index (χ3v) is 2.49. The van der Waals surface area contributed by atoms with Crippen LogP contribution in [0.2, 0.25) is 0 Å². The number of alkyl halides is 9. The van der Waals surface area contributed by atoms with Crippen molar-refractivity contribution in [2.45, 2.75) is 31.0 Å². The smallest absolute Gasteiger partial charge is 0.324 e. The summed E-state index contributed by atoms with van der Waals surface area (Å²) in [5, 5.41) is 0. The molecule has 1 rings (SSSR count). The molecule has 0 saturated carbocycles. The zero-order valence-electron chi connectivity index (χ0n) is 10.00. The van der Waals surface area contributed by atoms with Gasteiger partial charge in [-0.2, -0.15) is 39.5 Å². The molecular weight excluding hydrogens is 317 g/mol. The molecule has 0 aliphatic heterocycles. The third-order valence-electron chi connectivity index (χ3n) is 2.49. The highest BCUT2D eigenvalue weighted by Gasteiger charge is 2.38. The summed E-state index contributed by atoms with van der Waals surface area (Å²) in [5.41, 5.74) is 0.763. The molecule has 21 heavy (non-hydrogen) atoms. The van der Waals surface area contributed by atoms with Crippen LogP contribution >= 0.6 is 0 Å². The van der Waals surface area contributed by atoms with Crippen molar-refractivity contribution < 1.29 is 39.5 Å². The van der Waals surface area contributed by atoms with Crippen molar-refractivity contribution in [3.05, 3.63) is 34.9 Å². The first-order valence-corrected chi connectivity index (χ1v) is 5.32. The van der Waals surface area contributed by atoms with Gasteiger partial charge in [0.2, 0.25) is 0 Å². The molecule has 0 radical (unpaired) electrons. The summed E-state index contributed by atoms with van der Waals surface area (Å²) in [4.78, 5) is 0. The predicted molar refractivity (Wildman–Crippen MR) is 54.0 cm³/mol. The normalized spacial score (nSPS) is 15.1. The molecule has 0 heterocycles. The fourth-order valence-corrected chi connectivity index (χ4v) is 1.56. The summed E-state index contributed by atoms with van der Waals surface area (Å²) in [7, 11) is 0. The van der Waals surface area contributed by atoms with Gasteiger partial charge in [0.05, 0.1) is 17.5 Å². The van der Waals surface area contributed by atoms with Crippen molar-refractivity contribution >= 4 is 0 Å². The van der Waals surface area contributed by atoms with E-state index in [1.807, 2.05) is 0 Å². The van der Waals surface area contributed by atoms with E-state index in [0.717, 1.165) is 0 Å². The van der Waals surface area contributed by atoms with Crippen LogP contribution in [0.1, 0.15) is 29.2 Å². The van der Waals surface area contributed by atoms with Crippen LogP contribution in [0.5, 0.6) is 0 Å². The molecule has 0 aromatic heterocycles. The Labute approximate surface area is 112 Å². The van der Waals surface area contributed by atoms with Gasteiger partial charge in [0.15, 0.2) is 0 Å². The molecule has 0 aliphatic rings. The molecule has 1 aromatic rings. The summed E-state index contributed by atoms with van der Waals surface area (Å²) in [6, 6.07) is -1.82. The predicted octanol–water partition coefficient (Wildman–Crippen LogP) is 4.68. The van der Waals surface area contributed by atoms with Crippen LogP contribution < -0.4 is 5.73 Å². The van der Waals surface area contributed by atoms with Crippen LogP contribution in [-0.4, -0.2) is 6.18 Å². The van der Waals surface area contributed by atoms with Crippen molar-refractivity contribution in [1.29, 1.82) is 0 Å². The van der Waals surface area contributed by atoms with E-state index in [1.54, 1.807) is 0 Å². The molecule has 0 unspecified atom stereocenters. The lowest BCUT2D eigenvalue weighted by Crippen LogP contribution is -2.22. The zero-order valence-corrected chi connectivity index (χ0v) is 10.00.